The van der Waals surface area contributed by atoms with Crippen molar-refractivity contribution in [2.75, 3.05) is 17.6 Å². The van der Waals surface area contributed by atoms with Crippen LogP contribution in [0.1, 0.15) is 36.2 Å². The number of nitrogen functional groups attached to an aromatic ring is 1. The molecule has 0 saturated carbocycles. The Morgan fingerprint density at radius 3 is 2.70 bits per heavy atom. The van der Waals surface area contributed by atoms with Crippen molar-refractivity contribution < 1.29 is 14.0 Å². The van der Waals surface area contributed by atoms with Gasteiger partial charge in [-0.1, -0.05) is 18.7 Å². The molecule has 1 aliphatic rings. The smallest absolute Gasteiger partial charge is 0.256 e. The number of aromatic nitrogens is 5. The van der Waals surface area contributed by atoms with E-state index in [0.717, 1.165) is 18.9 Å². The van der Waals surface area contributed by atoms with E-state index in [1.54, 1.807) is 29.2 Å². The van der Waals surface area contributed by atoms with Crippen LogP contribution in [0.5, 0.6) is 0 Å². The molecule has 4 aromatic rings. The van der Waals surface area contributed by atoms with Gasteiger partial charge in [0.25, 0.3) is 5.91 Å². The van der Waals surface area contributed by atoms with Gasteiger partial charge in [0, 0.05) is 29.9 Å². The van der Waals surface area contributed by atoms with Crippen LogP contribution in [-0.4, -0.2) is 54.0 Å². The van der Waals surface area contributed by atoms with Gasteiger partial charge in [-0.15, -0.1) is 0 Å². The predicted octanol–water partition coefficient (Wildman–Crippen LogP) is 3.60. The van der Waals surface area contributed by atoms with Gasteiger partial charge < -0.3 is 16.0 Å². The molecule has 1 fully saturated rings. The first-order valence-electron chi connectivity index (χ1n) is 11.8. The maximum absolute atomic E-state index is 13.4. The third-order valence-electron chi connectivity index (χ3n) is 6.62. The minimum atomic E-state index is -0.493. The Hall–Kier alpha value is -4.67. The summed E-state index contributed by atoms with van der Waals surface area (Å²) in [5.41, 5.74) is 8.49. The zero-order valence-electron chi connectivity index (χ0n) is 20.1. The summed E-state index contributed by atoms with van der Waals surface area (Å²) in [4.78, 5) is 39.4. The van der Waals surface area contributed by atoms with E-state index in [0.29, 0.717) is 34.4 Å². The summed E-state index contributed by atoms with van der Waals surface area (Å²) in [6.07, 6.45) is 5.63. The molecule has 1 aliphatic heterocycles. The lowest BCUT2D eigenvalue weighted by molar-refractivity contribution is -0.130. The Balaban J connectivity index is 1.49. The molecule has 0 radical (unpaired) electrons. The number of carbonyl (C=O) groups is 2. The van der Waals surface area contributed by atoms with Crippen molar-refractivity contribution in [1.29, 1.82) is 0 Å². The Morgan fingerprint density at radius 1 is 1.19 bits per heavy atom. The lowest BCUT2D eigenvalue weighted by Crippen LogP contribution is -2.47. The number of nitrogens with one attached hydrogen (secondary N) is 1. The number of piperidine rings is 1. The van der Waals surface area contributed by atoms with Crippen LogP contribution >= 0.6 is 0 Å². The fourth-order valence-electron chi connectivity index (χ4n) is 4.75. The minimum Gasteiger partial charge on any atom is -0.383 e. The number of anilines is 2. The standard InChI is InChI=1S/C26H25FN8O2/c1-3-21(36)34-12-4-5-19(15(34)2)35-25-22(24(28)30-14-31-25)23(33-35)16-6-8-17(9-7-16)26(37)32-20-13-18(27)10-11-29-20/h3,6-11,13-15,19H,1,4-5,12H2,2H3,(H2,28,30,31)(H,29,32,37)/t15-,19?/m1/s1. The SMILES string of the molecule is C=CC(=O)N1CCCC(n2nc(-c3ccc(C(=O)Nc4cc(F)ccn4)cc3)c3c(N)ncnc32)[C@H]1C. The van der Waals surface area contributed by atoms with Gasteiger partial charge in [0.15, 0.2) is 5.65 Å². The van der Waals surface area contributed by atoms with Crippen molar-refractivity contribution in [3.8, 4) is 11.3 Å². The summed E-state index contributed by atoms with van der Waals surface area (Å²) in [6, 6.07) is 8.89. The number of rotatable bonds is 5. The van der Waals surface area contributed by atoms with Crippen molar-refractivity contribution >= 4 is 34.5 Å². The molecule has 2 amide bonds. The molecule has 11 heteroatoms. The van der Waals surface area contributed by atoms with E-state index in [2.05, 4.69) is 26.8 Å². The van der Waals surface area contributed by atoms with E-state index in [9.17, 15) is 14.0 Å². The summed E-state index contributed by atoms with van der Waals surface area (Å²) >= 11 is 0. The quantitative estimate of drug-likeness (QED) is 0.400. The molecule has 1 aromatic carbocycles. The maximum Gasteiger partial charge on any atom is 0.256 e. The van der Waals surface area contributed by atoms with Crippen LogP contribution in [0.3, 0.4) is 0 Å². The van der Waals surface area contributed by atoms with Gasteiger partial charge >= 0.3 is 0 Å². The van der Waals surface area contributed by atoms with Gasteiger partial charge in [-0.3, -0.25) is 9.59 Å². The molecule has 2 atom stereocenters. The molecule has 4 heterocycles. The largest absolute Gasteiger partial charge is 0.383 e. The molecule has 37 heavy (non-hydrogen) atoms. The highest BCUT2D eigenvalue weighted by molar-refractivity contribution is 6.04. The highest BCUT2D eigenvalue weighted by Gasteiger charge is 2.34. The molecule has 0 aliphatic carbocycles. The van der Waals surface area contributed by atoms with Gasteiger partial charge in [0.05, 0.1) is 17.5 Å². The van der Waals surface area contributed by atoms with E-state index in [4.69, 9.17) is 10.8 Å². The van der Waals surface area contributed by atoms with Crippen LogP contribution in [0.4, 0.5) is 16.0 Å². The summed E-state index contributed by atoms with van der Waals surface area (Å²) in [5.74, 6) is -0.634. The number of hydrogen-bond donors (Lipinski definition) is 2. The average molecular weight is 501 g/mol. The van der Waals surface area contributed by atoms with Gasteiger partial charge in [0.1, 0.15) is 29.5 Å². The zero-order valence-corrected chi connectivity index (χ0v) is 20.1. The normalized spacial score (nSPS) is 17.5. The number of nitrogens with zero attached hydrogens (tertiary/aromatic N) is 6. The average Bonchev–Trinajstić information content (AvgIpc) is 3.29. The van der Waals surface area contributed by atoms with E-state index in [-0.39, 0.29) is 29.6 Å². The van der Waals surface area contributed by atoms with Gasteiger partial charge in [-0.25, -0.2) is 24.0 Å². The molecule has 3 N–H and O–H groups in total. The van der Waals surface area contributed by atoms with E-state index >= 15 is 0 Å². The maximum atomic E-state index is 13.4. The summed E-state index contributed by atoms with van der Waals surface area (Å²) in [7, 11) is 0. The molecular formula is C26H25FN8O2. The Labute approximate surface area is 212 Å². The van der Waals surface area contributed by atoms with Crippen LogP contribution in [0.25, 0.3) is 22.3 Å². The number of hydrogen-bond acceptors (Lipinski definition) is 7. The highest BCUT2D eigenvalue weighted by atomic mass is 19.1. The molecule has 0 spiro atoms. The zero-order chi connectivity index (χ0) is 26.1. The first-order chi connectivity index (χ1) is 17.9. The second-order valence-electron chi connectivity index (χ2n) is 8.83. The van der Waals surface area contributed by atoms with Crippen molar-refractivity contribution in [2.45, 2.75) is 31.8 Å². The predicted molar refractivity (Wildman–Crippen MR) is 137 cm³/mol. The lowest BCUT2D eigenvalue weighted by atomic mass is 9.97. The van der Waals surface area contributed by atoms with Crippen LogP contribution in [-0.2, 0) is 4.79 Å². The number of fused-ring (bicyclic) bond motifs is 1. The van der Waals surface area contributed by atoms with Gasteiger partial charge in [-0.05, 0) is 44.0 Å². The van der Waals surface area contributed by atoms with Crippen molar-refractivity contribution in [3.63, 3.8) is 0 Å². The fraction of sp³-hybridized carbons (Fsp3) is 0.231. The Morgan fingerprint density at radius 2 is 1.97 bits per heavy atom. The Kier molecular flexibility index (Phi) is 6.34. The van der Waals surface area contributed by atoms with Crippen molar-refractivity contribution in [1.82, 2.24) is 29.6 Å². The van der Waals surface area contributed by atoms with Gasteiger partial charge in [-0.2, -0.15) is 5.10 Å². The molecule has 0 bridgehead atoms. The Bertz CT molecular complexity index is 1500. The molecule has 188 valence electrons. The second-order valence-corrected chi connectivity index (χ2v) is 8.83. The third-order valence-corrected chi connectivity index (χ3v) is 6.62. The number of pyridine rings is 1. The topological polar surface area (TPSA) is 132 Å². The first-order valence-corrected chi connectivity index (χ1v) is 11.8. The number of carbonyl (C=O) groups excluding carboxylic acids is 2. The van der Waals surface area contributed by atoms with Crippen LogP contribution < -0.4 is 11.1 Å². The van der Waals surface area contributed by atoms with Crippen molar-refractivity contribution in [2.24, 2.45) is 0 Å². The second kappa shape index (κ2) is 9.76. The van der Waals surface area contributed by atoms with E-state index in [1.807, 2.05) is 11.6 Å². The fourth-order valence-corrected chi connectivity index (χ4v) is 4.75. The molecular weight excluding hydrogens is 475 g/mol. The number of halogens is 1. The molecule has 10 nitrogen and oxygen atoms in total. The summed E-state index contributed by atoms with van der Waals surface area (Å²) < 4.78 is 15.2. The number of amides is 2. The highest BCUT2D eigenvalue weighted by Crippen LogP contribution is 2.36. The van der Waals surface area contributed by atoms with E-state index < -0.39 is 11.7 Å². The molecule has 1 unspecified atom stereocenters. The van der Waals surface area contributed by atoms with Crippen LogP contribution in [0.15, 0.2) is 61.6 Å². The molecule has 3 aromatic heterocycles. The van der Waals surface area contributed by atoms with Gasteiger partial charge in [0.2, 0.25) is 5.91 Å². The third kappa shape index (κ3) is 4.51. The molecule has 1 saturated heterocycles. The number of benzene rings is 1. The van der Waals surface area contributed by atoms with Crippen molar-refractivity contribution in [3.05, 3.63) is 73.0 Å². The summed E-state index contributed by atoms with van der Waals surface area (Å²) in [5, 5.41) is 8.06. The number of likely N-dealkylation sites (tertiary alicyclic amines) is 1. The van der Waals surface area contributed by atoms with Crippen LogP contribution in [0, 0.1) is 5.82 Å². The monoisotopic (exact) mass is 500 g/mol. The van der Waals surface area contributed by atoms with E-state index in [1.165, 1.54) is 24.7 Å². The summed E-state index contributed by atoms with van der Waals surface area (Å²) in [6.45, 7) is 6.26. The molecule has 5 rings (SSSR count). The minimum absolute atomic E-state index is 0.119. The van der Waals surface area contributed by atoms with Crippen LogP contribution in [0.2, 0.25) is 0 Å². The lowest BCUT2D eigenvalue weighted by Gasteiger charge is -2.39. The first kappa shape index (κ1) is 24.0. The number of nitrogens with two attached hydrogens (primary N) is 1.